The molecular weight excluding hydrogens is 244 g/mol. The Hall–Kier alpha value is -0.990. The lowest BCUT2D eigenvalue weighted by Gasteiger charge is -2.22. The van der Waals surface area contributed by atoms with Gasteiger partial charge in [-0.2, -0.15) is 0 Å². The fourth-order valence-corrected chi connectivity index (χ4v) is 3.23. The van der Waals surface area contributed by atoms with Crippen LogP contribution in [-0.4, -0.2) is 17.7 Å². The highest BCUT2D eigenvalue weighted by atomic mass is 35.5. The van der Waals surface area contributed by atoms with Gasteiger partial charge in [0.05, 0.1) is 5.02 Å². The SMILES string of the molecule is Cn1cc(Cl)c2ccc(CC3CCNCC3)cc21. The molecule has 2 heterocycles. The summed E-state index contributed by atoms with van der Waals surface area (Å²) in [5, 5.41) is 5.43. The summed E-state index contributed by atoms with van der Waals surface area (Å²) < 4.78 is 2.11. The summed E-state index contributed by atoms with van der Waals surface area (Å²) in [6.07, 6.45) is 5.78. The minimum absolute atomic E-state index is 0.833. The lowest BCUT2D eigenvalue weighted by molar-refractivity contribution is 0.373. The molecule has 0 saturated carbocycles. The Kier molecular flexibility index (Phi) is 3.31. The summed E-state index contributed by atoms with van der Waals surface area (Å²) in [6, 6.07) is 6.69. The van der Waals surface area contributed by atoms with Crippen molar-refractivity contribution in [2.75, 3.05) is 13.1 Å². The van der Waals surface area contributed by atoms with Crippen LogP contribution in [0.3, 0.4) is 0 Å². The molecule has 1 aliphatic heterocycles. The van der Waals surface area contributed by atoms with Crippen LogP contribution in [0.2, 0.25) is 5.02 Å². The molecule has 2 nitrogen and oxygen atoms in total. The molecule has 18 heavy (non-hydrogen) atoms. The van der Waals surface area contributed by atoms with E-state index in [0.717, 1.165) is 16.3 Å². The molecule has 96 valence electrons. The number of hydrogen-bond acceptors (Lipinski definition) is 1. The molecule has 0 aliphatic carbocycles. The van der Waals surface area contributed by atoms with Gasteiger partial charge in [0.25, 0.3) is 0 Å². The highest BCUT2D eigenvalue weighted by Crippen LogP contribution is 2.27. The number of nitrogens with zero attached hydrogens (tertiary/aromatic N) is 1. The summed E-state index contributed by atoms with van der Waals surface area (Å²) >= 11 is 6.19. The average Bonchev–Trinajstić information content (AvgIpc) is 2.66. The van der Waals surface area contributed by atoms with Gasteiger partial charge in [-0.3, -0.25) is 0 Å². The Bertz CT molecular complexity index is 553. The van der Waals surface area contributed by atoms with E-state index in [9.17, 15) is 0 Å². The number of benzene rings is 1. The van der Waals surface area contributed by atoms with Crippen LogP contribution in [0.15, 0.2) is 24.4 Å². The third-order valence-electron chi connectivity index (χ3n) is 3.99. The zero-order valence-corrected chi connectivity index (χ0v) is 11.5. The molecule has 0 bridgehead atoms. The van der Waals surface area contributed by atoms with Crippen LogP contribution in [0.4, 0.5) is 0 Å². The van der Waals surface area contributed by atoms with E-state index in [-0.39, 0.29) is 0 Å². The molecule has 1 aromatic carbocycles. The van der Waals surface area contributed by atoms with E-state index in [1.807, 2.05) is 6.20 Å². The van der Waals surface area contributed by atoms with Crippen LogP contribution in [0.1, 0.15) is 18.4 Å². The molecule has 0 amide bonds. The second-order valence-electron chi connectivity index (χ2n) is 5.34. The van der Waals surface area contributed by atoms with Crippen LogP contribution < -0.4 is 5.32 Å². The molecule has 1 aliphatic rings. The fraction of sp³-hybridized carbons (Fsp3) is 0.467. The molecule has 2 aromatic rings. The molecule has 0 spiro atoms. The predicted octanol–water partition coefficient (Wildman–Crippen LogP) is 3.37. The lowest BCUT2D eigenvalue weighted by atomic mass is 9.91. The minimum atomic E-state index is 0.833. The smallest absolute Gasteiger partial charge is 0.0661 e. The molecule has 1 aromatic heterocycles. The lowest BCUT2D eigenvalue weighted by Crippen LogP contribution is -2.28. The topological polar surface area (TPSA) is 17.0 Å². The molecule has 3 rings (SSSR count). The van der Waals surface area contributed by atoms with E-state index in [2.05, 4.69) is 35.1 Å². The van der Waals surface area contributed by atoms with Crippen molar-refractivity contribution < 1.29 is 0 Å². The zero-order valence-electron chi connectivity index (χ0n) is 10.7. The van der Waals surface area contributed by atoms with Crippen molar-refractivity contribution in [3.63, 3.8) is 0 Å². The van der Waals surface area contributed by atoms with Crippen molar-refractivity contribution in [1.29, 1.82) is 0 Å². The first kappa shape index (κ1) is 12.1. The Morgan fingerprint density at radius 1 is 1.33 bits per heavy atom. The van der Waals surface area contributed by atoms with Crippen molar-refractivity contribution in [3.05, 3.63) is 35.0 Å². The van der Waals surface area contributed by atoms with Gasteiger partial charge in [0, 0.05) is 24.1 Å². The maximum Gasteiger partial charge on any atom is 0.0661 e. The van der Waals surface area contributed by atoms with Crippen molar-refractivity contribution in [3.8, 4) is 0 Å². The number of hydrogen-bond donors (Lipinski definition) is 1. The second kappa shape index (κ2) is 4.94. The molecule has 1 saturated heterocycles. The molecule has 1 N–H and O–H groups in total. The molecular formula is C15H19ClN2. The van der Waals surface area contributed by atoms with Crippen molar-refractivity contribution in [1.82, 2.24) is 9.88 Å². The van der Waals surface area contributed by atoms with Gasteiger partial charge in [0.1, 0.15) is 0 Å². The number of halogens is 1. The first-order valence-electron chi connectivity index (χ1n) is 6.68. The molecule has 0 atom stereocenters. The summed E-state index contributed by atoms with van der Waals surface area (Å²) in [6.45, 7) is 2.34. The number of aryl methyl sites for hydroxylation is 1. The van der Waals surface area contributed by atoms with Gasteiger partial charge in [-0.15, -0.1) is 0 Å². The average molecular weight is 263 g/mol. The van der Waals surface area contributed by atoms with Crippen molar-refractivity contribution in [2.24, 2.45) is 13.0 Å². The fourth-order valence-electron chi connectivity index (χ4n) is 2.93. The standard InChI is InChI=1S/C15H19ClN2/c1-18-10-14(16)13-3-2-12(9-15(13)18)8-11-4-6-17-7-5-11/h2-3,9-11,17H,4-8H2,1H3. The minimum Gasteiger partial charge on any atom is -0.349 e. The Labute approximate surface area is 113 Å². The van der Waals surface area contributed by atoms with Crippen LogP contribution in [-0.2, 0) is 13.5 Å². The summed E-state index contributed by atoms with van der Waals surface area (Å²) in [5.74, 6) is 0.833. The number of piperidine rings is 1. The molecule has 1 fully saturated rings. The van der Waals surface area contributed by atoms with E-state index in [1.54, 1.807) is 0 Å². The highest BCUT2D eigenvalue weighted by molar-refractivity contribution is 6.35. The van der Waals surface area contributed by atoms with Crippen LogP contribution in [0.5, 0.6) is 0 Å². The third kappa shape index (κ3) is 2.27. The number of nitrogens with one attached hydrogen (secondary N) is 1. The number of aromatic nitrogens is 1. The third-order valence-corrected chi connectivity index (χ3v) is 4.29. The molecule has 0 unspecified atom stereocenters. The van der Waals surface area contributed by atoms with Gasteiger partial charge in [-0.05, 0) is 49.9 Å². The Morgan fingerprint density at radius 2 is 2.11 bits per heavy atom. The Balaban J connectivity index is 1.86. The van der Waals surface area contributed by atoms with E-state index in [0.29, 0.717) is 0 Å². The van der Waals surface area contributed by atoms with E-state index < -0.39 is 0 Å². The van der Waals surface area contributed by atoms with Crippen molar-refractivity contribution in [2.45, 2.75) is 19.3 Å². The summed E-state index contributed by atoms with van der Waals surface area (Å²) in [5.41, 5.74) is 2.68. The van der Waals surface area contributed by atoms with Gasteiger partial charge in [0.15, 0.2) is 0 Å². The van der Waals surface area contributed by atoms with Crippen molar-refractivity contribution >= 4 is 22.5 Å². The van der Waals surface area contributed by atoms with E-state index >= 15 is 0 Å². The number of fused-ring (bicyclic) bond motifs is 1. The maximum atomic E-state index is 6.19. The Morgan fingerprint density at radius 3 is 2.89 bits per heavy atom. The van der Waals surface area contributed by atoms with Crippen LogP contribution in [0.25, 0.3) is 10.9 Å². The first-order valence-corrected chi connectivity index (χ1v) is 7.06. The first-order chi connectivity index (χ1) is 8.74. The molecule has 0 radical (unpaired) electrons. The normalized spacial score (nSPS) is 17.4. The van der Waals surface area contributed by atoms with E-state index in [1.165, 1.54) is 43.4 Å². The summed E-state index contributed by atoms with van der Waals surface area (Å²) in [7, 11) is 2.06. The summed E-state index contributed by atoms with van der Waals surface area (Å²) in [4.78, 5) is 0. The monoisotopic (exact) mass is 262 g/mol. The van der Waals surface area contributed by atoms with Gasteiger partial charge in [-0.25, -0.2) is 0 Å². The van der Waals surface area contributed by atoms with Crippen LogP contribution in [0, 0.1) is 5.92 Å². The van der Waals surface area contributed by atoms with Gasteiger partial charge in [0.2, 0.25) is 0 Å². The van der Waals surface area contributed by atoms with Gasteiger partial charge >= 0.3 is 0 Å². The predicted molar refractivity (Wildman–Crippen MR) is 77.2 cm³/mol. The second-order valence-corrected chi connectivity index (χ2v) is 5.74. The van der Waals surface area contributed by atoms with E-state index in [4.69, 9.17) is 11.6 Å². The van der Waals surface area contributed by atoms with Gasteiger partial charge < -0.3 is 9.88 Å². The largest absolute Gasteiger partial charge is 0.349 e. The van der Waals surface area contributed by atoms with Gasteiger partial charge in [-0.1, -0.05) is 23.7 Å². The highest BCUT2D eigenvalue weighted by Gasteiger charge is 2.14. The molecule has 3 heteroatoms. The zero-order chi connectivity index (χ0) is 12.5. The quantitative estimate of drug-likeness (QED) is 0.878. The number of rotatable bonds is 2. The van der Waals surface area contributed by atoms with Crippen LogP contribution >= 0.6 is 11.6 Å². The maximum absolute atomic E-state index is 6.19.